The van der Waals surface area contributed by atoms with Crippen LogP contribution in [-0.4, -0.2) is 22.0 Å². The molecule has 1 amide bonds. The Labute approximate surface area is 216 Å². The van der Waals surface area contributed by atoms with Crippen molar-refractivity contribution in [1.29, 1.82) is 0 Å². The Morgan fingerprint density at radius 3 is 2.60 bits per heavy atom. The molecule has 35 heavy (non-hydrogen) atoms. The fourth-order valence-electron chi connectivity index (χ4n) is 4.83. The first-order valence-corrected chi connectivity index (χ1v) is 14.2. The number of nitrogens with one attached hydrogen (secondary N) is 1. The van der Waals surface area contributed by atoms with E-state index in [1.54, 1.807) is 11.3 Å². The number of aromatic carboxylic acids is 1. The number of benzene rings is 2. The number of thiazole rings is 1. The van der Waals surface area contributed by atoms with E-state index in [1.165, 1.54) is 23.1 Å². The van der Waals surface area contributed by atoms with Crippen LogP contribution in [0.4, 0.5) is 5.00 Å². The van der Waals surface area contributed by atoms with Gasteiger partial charge in [0.25, 0.3) is 0 Å². The summed E-state index contributed by atoms with van der Waals surface area (Å²) in [6.07, 6.45) is 2.73. The highest BCUT2D eigenvalue weighted by atomic mass is 32.2. The lowest BCUT2D eigenvalue weighted by molar-refractivity contribution is -0.115. The number of carbonyl (C=O) groups is 2. The Morgan fingerprint density at radius 1 is 1.14 bits per heavy atom. The molecule has 4 aromatic rings. The molecule has 180 valence electrons. The Hall–Kier alpha value is -2.68. The van der Waals surface area contributed by atoms with E-state index in [9.17, 15) is 14.7 Å². The highest BCUT2D eigenvalue weighted by Gasteiger charge is 2.34. The van der Waals surface area contributed by atoms with E-state index in [4.69, 9.17) is 4.98 Å². The highest BCUT2D eigenvalue weighted by molar-refractivity contribution is 8.02. The van der Waals surface area contributed by atoms with Crippen molar-refractivity contribution in [1.82, 2.24) is 4.98 Å². The molecule has 5 nitrogen and oxygen atoms in total. The summed E-state index contributed by atoms with van der Waals surface area (Å²) < 4.78 is 1.88. The molecule has 0 spiro atoms. The van der Waals surface area contributed by atoms with Crippen LogP contribution in [0.2, 0.25) is 0 Å². The van der Waals surface area contributed by atoms with Crippen molar-refractivity contribution in [3.05, 3.63) is 76.2 Å². The van der Waals surface area contributed by atoms with Gasteiger partial charge in [0.1, 0.15) is 10.3 Å². The van der Waals surface area contributed by atoms with Gasteiger partial charge in [0.15, 0.2) is 4.34 Å². The van der Waals surface area contributed by atoms with Crippen molar-refractivity contribution >= 4 is 61.5 Å². The maximum absolute atomic E-state index is 13.7. The number of carbonyl (C=O) groups excluding carboxylic acids is 1. The molecule has 2 aromatic heterocycles. The van der Waals surface area contributed by atoms with Crippen molar-refractivity contribution < 1.29 is 14.7 Å². The van der Waals surface area contributed by atoms with Gasteiger partial charge in [-0.05, 0) is 54.4 Å². The van der Waals surface area contributed by atoms with E-state index in [2.05, 4.69) is 19.2 Å². The number of carboxylic acids is 1. The normalized spacial score (nSPS) is 18.2. The van der Waals surface area contributed by atoms with Crippen LogP contribution >= 0.6 is 34.4 Å². The molecule has 0 fully saturated rings. The maximum atomic E-state index is 13.7. The zero-order chi connectivity index (χ0) is 24.5. The number of aromatic nitrogens is 1. The summed E-state index contributed by atoms with van der Waals surface area (Å²) in [6.45, 7) is 4.32. The van der Waals surface area contributed by atoms with Crippen molar-refractivity contribution in [2.75, 3.05) is 5.32 Å². The second-order valence-electron chi connectivity index (χ2n) is 8.94. The molecule has 2 N–H and O–H groups in total. The zero-order valence-electron chi connectivity index (χ0n) is 19.5. The van der Waals surface area contributed by atoms with Gasteiger partial charge in [-0.3, -0.25) is 4.79 Å². The van der Waals surface area contributed by atoms with Crippen LogP contribution in [0.1, 0.15) is 64.2 Å². The van der Waals surface area contributed by atoms with Crippen LogP contribution in [-0.2, 0) is 11.2 Å². The van der Waals surface area contributed by atoms with Gasteiger partial charge in [-0.25, -0.2) is 9.78 Å². The first kappa shape index (κ1) is 24.0. The van der Waals surface area contributed by atoms with Gasteiger partial charge in [0.2, 0.25) is 5.91 Å². The number of para-hydroxylation sites is 1. The molecular weight excluding hydrogens is 497 g/mol. The Balaban J connectivity index is 1.49. The number of hydrogen-bond donors (Lipinski definition) is 2. The minimum atomic E-state index is -0.971. The van der Waals surface area contributed by atoms with Crippen molar-refractivity contribution in [2.45, 2.75) is 48.6 Å². The van der Waals surface area contributed by atoms with Crippen molar-refractivity contribution in [2.24, 2.45) is 5.92 Å². The second kappa shape index (κ2) is 10.1. The molecule has 5 rings (SSSR count). The largest absolute Gasteiger partial charge is 0.478 e. The molecule has 0 aliphatic heterocycles. The van der Waals surface area contributed by atoms with E-state index >= 15 is 0 Å². The molecule has 0 radical (unpaired) electrons. The lowest BCUT2D eigenvalue weighted by atomic mass is 9.78. The van der Waals surface area contributed by atoms with Gasteiger partial charge < -0.3 is 10.4 Å². The van der Waals surface area contributed by atoms with Crippen LogP contribution in [0.15, 0.2) is 58.9 Å². The third-order valence-corrected chi connectivity index (χ3v) is 9.96. The topological polar surface area (TPSA) is 79.3 Å². The number of thioether (sulfide) groups is 1. The number of rotatable bonds is 7. The first-order chi connectivity index (χ1) is 16.9. The quantitative estimate of drug-likeness (QED) is 0.244. The third kappa shape index (κ3) is 4.87. The number of fused-ring (bicyclic) bond motifs is 2. The maximum Gasteiger partial charge on any atom is 0.339 e. The molecule has 2 heterocycles. The molecule has 2 aromatic carbocycles. The van der Waals surface area contributed by atoms with Gasteiger partial charge in [-0.15, -0.1) is 22.7 Å². The summed E-state index contributed by atoms with van der Waals surface area (Å²) >= 11 is 4.39. The summed E-state index contributed by atoms with van der Waals surface area (Å²) in [5, 5.41) is 13.0. The minimum Gasteiger partial charge on any atom is -0.478 e. The van der Waals surface area contributed by atoms with Crippen LogP contribution in [0, 0.1) is 5.92 Å². The number of nitrogens with zero attached hydrogens (tertiary/aromatic N) is 1. The number of carboxylic acid groups (broad SMARTS) is 1. The Bertz CT molecular complexity index is 1350. The second-order valence-corrected chi connectivity index (χ2v) is 12.4. The van der Waals surface area contributed by atoms with Gasteiger partial charge in [0, 0.05) is 4.88 Å². The van der Waals surface area contributed by atoms with Crippen LogP contribution in [0.5, 0.6) is 0 Å². The minimum absolute atomic E-state index is 0.212. The molecule has 3 unspecified atom stereocenters. The summed E-state index contributed by atoms with van der Waals surface area (Å²) in [7, 11) is 0. The lowest BCUT2D eigenvalue weighted by Crippen LogP contribution is -2.20. The van der Waals surface area contributed by atoms with E-state index in [0.29, 0.717) is 10.9 Å². The molecule has 8 heteroatoms. The van der Waals surface area contributed by atoms with E-state index < -0.39 is 11.2 Å². The van der Waals surface area contributed by atoms with Crippen molar-refractivity contribution in [3.63, 3.8) is 0 Å². The molecular formula is C27H26N2O3S3. The lowest BCUT2D eigenvalue weighted by Gasteiger charge is -2.26. The van der Waals surface area contributed by atoms with E-state index in [-0.39, 0.29) is 17.4 Å². The average molecular weight is 523 g/mol. The monoisotopic (exact) mass is 522 g/mol. The predicted molar refractivity (Wildman–Crippen MR) is 145 cm³/mol. The number of anilines is 1. The van der Waals surface area contributed by atoms with Crippen LogP contribution < -0.4 is 5.32 Å². The SMILES string of the molecule is CCC1CC(C)Cc2sc(NC(=O)C(Sc3nc4ccccc4s3)c3ccccc3)c(C(=O)O)c21. The van der Waals surface area contributed by atoms with E-state index in [1.807, 2.05) is 54.6 Å². The highest BCUT2D eigenvalue weighted by Crippen LogP contribution is 2.47. The molecule has 0 saturated carbocycles. The molecule has 3 atom stereocenters. The smallest absolute Gasteiger partial charge is 0.339 e. The summed E-state index contributed by atoms with van der Waals surface area (Å²) in [6, 6.07) is 17.5. The average Bonchev–Trinajstić information content (AvgIpc) is 3.42. The summed E-state index contributed by atoms with van der Waals surface area (Å²) in [5.41, 5.74) is 2.96. The van der Waals surface area contributed by atoms with Gasteiger partial charge in [-0.2, -0.15) is 0 Å². The standard InChI is InChI=1S/C27H26N2O3S3/c1-3-16-13-15(2)14-20-21(16)22(26(31)32)25(33-20)29-24(30)23(17-9-5-4-6-10-17)35-27-28-18-11-7-8-12-19(18)34-27/h4-12,15-16,23H,3,13-14H2,1-2H3,(H,29,30)(H,31,32). The van der Waals surface area contributed by atoms with E-state index in [0.717, 1.165) is 49.8 Å². The zero-order valence-corrected chi connectivity index (χ0v) is 21.9. The van der Waals surface area contributed by atoms with Crippen molar-refractivity contribution in [3.8, 4) is 0 Å². The molecule has 1 aliphatic carbocycles. The first-order valence-electron chi connectivity index (χ1n) is 11.7. The summed E-state index contributed by atoms with van der Waals surface area (Å²) in [4.78, 5) is 31.8. The number of thiophene rings is 1. The molecule has 1 aliphatic rings. The van der Waals surface area contributed by atoms with Gasteiger partial charge >= 0.3 is 5.97 Å². The third-order valence-electron chi connectivity index (χ3n) is 6.43. The van der Waals surface area contributed by atoms with Crippen LogP contribution in [0.3, 0.4) is 0 Å². The number of amides is 1. The number of hydrogen-bond acceptors (Lipinski definition) is 6. The van der Waals surface area contributed by atoms with Crippen LogP contribution in [0.25, 0.3) is 10.2 Å². The predicted octanol–water partition coefficient (Wildman–Crippen LogP) is 7.60. The summed E-state index contributed by atoms with van der Waals surface area (Å²) in [5.74, 6) is -0.490. The molecule has 0 bridgehead atoms. The fraction of sp³-hybridized carbons (Fsp3) is 0.296. The van der Waals surface area contributed by atoms with Gasteiger partial charge in [-0.1, -0.05) is 68.1 Å². The van der Waals surface area contributed by atoms with Gasteiger partial charge in [0.05, 0.1) is 15.8 Å². The Kier molecular flexibility index (Phi) is 6.95. The molecule has 0 saturated heterocycles. The Morgan fingerprint density at radius 2 is 1.89 bits per heavy atom. The fourth-order valence-corrected chi connectivity index (χ4v) is 8.53.